The van der Waals surface area contributed by atoms with Crippen LogP contribution in [0.5, 0.6) is 0 Å². The molecule has 1 saturated heterocycles. The monoisotopic (exact) mass is 254 g/mol. The molecule has 0 amide bonds. The zero-order valence-electron chi connectivity index (χ0n) is 10.2. The molecule has 2 heterocycles. The van der Waals surface area contributed by atoms with Gasteiger partial charge in [-0.1, -0.05) is 17.7 Å². The SMILES string of the molecule is CN(Cc1cccnc1Cl)CC1CCCCO1. The first-order chi connectivity index (χ1) is 8.25. The van der Waals surface area contributed by atoms with E-state index in [4.69, 9.17) is 16.3 Å². The molecule has 0 N–H and O–H groups in total. The van der Waals surface area contributed by atoms with Gasteiger partial charge >= 0.3 is 0 Å². The summed E-state index contributed by atoms with van der Waals surface area (Å²) in [4.78, 5) is 6.34. The van der Waals surface area contributed by atoms with Crippen molar-refractivity contribution in [2.75, 3.05) is 20.2 Å². The molecule has 1 aliphatic rings. The van der Waals surface area contributed by atoms with E-state index in [1.54, 1.807) is 6.20 Å². The van der Waals surface area contributed by atoms with E-state index < -0.39 is 0 Å². The van der Waals surface area contributed by atoms with Gasteiger partial charge in [-0.2, -0.15) is 0 Å². The Morgan fingerprint density at radius 3 is 3.12 bits per heavy atom. The molecule has 0 radical (unpaired) electrons. The van der Waals surface area contributed by atoms with Gasteiger partial charge in [-0.3, -0.25) is 4.90 Å². The number of ether oxygens (including phenoxy) is 1. The molecule has 1 aromatic heterocycles. The maximum atomic E-state index is 6.04. The highest BCUT2D eigenvalue weighted by molar-refractivity contribution is 6.30. The molecule has 94 valence electrons. The van der Waals surface area contributed by atoms with Gasteiger partial charge in [0.25, 0.3) is 0 Å². The van der Waals surface area contributed by atoms with Crippen molar-refractivity contribution in [3.8, 4) is 0 Å². The highest BCUT2D eigenvalue weighted by Gasteiger charge is 2.16. The van der Waals surface area contributed by atoms with Crippen LogP contribution < -0.4 is 0 Å². The van der Waals surface area contributed by atoms with Crippen molar-refractivity contribution in [1.82, 2.24) is 9.88 Å². The van der Waals surface area contributed by atoms with Crippen molar-refractivity contribution < 1.29 is 4.74 Å². The molecule has 0 spiro atoms. The molecule has 0 aromatic carbocycles. The van der Waals surface area contributed by atoms with Gasteiger partial charge in [-0.15, -0.1) is 0 Å². The maximum absolute atomic E-state index is 6.04. The van der Waals surface area contributed by atoms with Gasteiger partial charge < -0.3 is 4.74 Å². The summed E-state index contributed by atoms with van der Waals surface area (Å²) in [6.45, 7) is 2.70. The van der Waals surface area contributed by atoms with Crippen LogP contribution in [0.3, 0.4) is 0 Å². The Kier molecular flexibility index (Phi) is 4.77. The van der Waals surface area contributed by atoms with E-state index in [2.05, 4.69) is 16.9 Å². The lowest BCUT2D eigenvalue weighted by Crippen LogP contribution is -2.33. The lowest BCUT2D eigenvalue weighted by Gasteiger charge is -2.27. The number of hydrogen-bond donors (Lipinski definition) is 0. The largest absolute Gasteiger partial charge is 0.377 e. The molecular weight excluding hydrogens is 236 g/mol. The fourth-order valence-electron chi connectivity index (χ4n) is 2.19. The topological polar surface area (TPSA) is 25.4 Å². The number of hydrogen-bond acceptors (Lipinski definition) is 3. The van der Waals surface area contributed by atoms with Crippen molar-refractivity contribution in [3.05, 3.63) is 29.0 Å². The van der Waals surface area contributed by atoms with Crippen molar-refractivity contribution in [2.45, 2.75) is 31.9 Å². The van der Waals surface area contributed by atoms with Crippen molar-refractivity contribution >= 4 is 11.6 Å². The third-order valence-electron chi connectivity index (χ3n) is 3.07. The van der Waals surface area contributed by atoms with E-state index in [1.807, 2.05) is 12.1 Å². The van der Waals surface area contributed by atoms with Crippen LogP contribution in [-0.2, 0) is 11.3 Å². The predicted octanol–water partition coefficient (Wildman–Crippen LogP) is 2.74. The van der Waals surface area contributed by atoms with Crippen LogP contribution >= 0.6 is 11.6 Å². The average molecular weight is 255 g/mol. The molecule has 0 aliphatic carbocycles. The summed E-state index contributed by atoms with van der Waals surface area (Å²) in [7, 11) is 2.10. The van der Waals surface area contributed by atoms with Gasteiger partial charge in [0.2, 0.25) is 0 Å². The normalized spacial score (nSPS) is 20.8. The number of aromatic nitrogens is 1. The summed E-state index contributed by atoms with van der Waals surface area (Å²) < 4.78 is 5.73. The minimum Gasteiger partial charge on any atom is -0.377 e. The Morgan fingerprint density at radius 2 is 2.41 bits per heavy atom. The summed E-state index contributed by atoms with van der Waals surface area (Å²) >= 11 is 6.04. The molecule has 1 unspecified atom stereocenters. The Balaban J connectivity index is 1.84. The molecule has 17 heavy (non-hydrogen) atoms. The lowest BCUT2D eigenvalue weighted by molar-refractivity contribution is -0.00260. The molecular formula is C13H19ClN2O. The molecule has 1 fully saturated rings. The number of likely N-dealkylation sites (N-methyl/N-ethyl adjacent to an activating group) is 1. The molecule has 2 rings (SSSR count). The number of rotatable bonds is 4. The highest BCUT2D eigenvalue weighted by atomic mass is 35.5. The average Bonchev–Trinajstić information content (AvgIpc) is 2.33. The Morgan fingerprint density at radius 1 is 1.53 bits per heavy atom. The van der Waals surface area contributed by atoms with Gasteiger partial charge in [0.15, 0.2) is 0 Å². The highest BCUT2D eigenvalue weighted by Crippen LogP contribution is 2.16. The van der Waals surface area contributed by atoms with Crippen molar-refractivity contribution in [1.29, 1.82) is 0 Å². The number of nitrogens with zero attached hydrogens (tertiary/aromatic N) is 2. The summed E-state index contributed by atoms with van der Waals surface area (Å²) in [5.74, 6) is 0. The predicted molar refractivity (Wildman–Crippen MR) is 69.2 cm³/mol. The maximum Gasteiger partial charge on any atom is 0.133 e. The smallest absolute Gasteiger partial charge is 0.133 e. The molecule has 1 aliphatic heterocycles. The second-order valence-electron chi connectivity index (χ2n) is 4.64. The van der Waals surface area contributed by atoms with E-state index in [0.717, 1.165) is 25.3 Å². The zero-order chi connectivity index (χ0) is 12.1. The van der Waals surface area contributed by atoms with Crippen LogP contribution in [0.1, 0.15) is 24.8 Å². The fraction of sp³-hybridized carbons (Fsp3) is 0.615. The minimum atomic E-state index is 0.379. The van der Waals surface area contributed by atoms with Crippen LogP contribution in [0.15, 0.2) is 18.3 Å². The minimum absolute atomic E-state index is 0.379. The van der Waals surface area contributed by atoms with Crippen LogP contribution in [-0.4, -0.2) is 36.2 Å². The second kappa shape index (κ2) is 6.34. The summed E-state index contributed by atoms with van der Waals surface area (Å²) in [6.07, 6.45) is 5.76. The van der Waals surface area contributed by atoms with Crippen molar-refractivity contribution in [3.63, 3.8) is 0 Å². The first-order valence-corrected chi connectivity index (χ1v) is 6.53. The van der Waals surface area contributed by atoms with E-state index in [9.17, 15) is 0 Å². The molecule has 1 aromatic rings. The van der Waals surface area contributed by atoms with Gasteiger partial charge in [0, 0.05) is 31.5 Å². The van der Waals surface area contributed by atoms with Gasteiger partial charge in [0.1, 0.15) is 5.15 Å². The van der Waals surface area contributed by atoms with Crippen LogP contribution in [0.25, 0.3) is 0 Å². The first kappa shape index (κ1) is 12.8. The Hall–Kier alpha value is -0.640. The molecule has 0 saturated carbocycles. The van der Waals surface area contributed by atoms with Crippen LogP contribution in [0, 0.1) is 0 Å². The van der Waals surface area contributed by atoms with Gasteiger partial charge in [-0.25, -0.2) is 4.98 Å². The Bertz CT molecular complexity index is 353. The molecule has 1 atom stereocenters. The summed E-state index contributed by atoms with van der Waals surface area (Å²) in [5.41, 5.74) is 1.08. The van der Waals surface area contributed by atoms with Crippen LogP contribution in [0.2, 0.25) is 5.15 Å². The zero-order valence-corrected chi connectivity index (χ0v) is 11.0. The van der Waals surface area contributed by atoms with Crippen molar-refractivity contribution in [2.24, 2.45) is 0 Å². The fourth-order valence-corrected chi connectivity index (χ4v) is 2.37. The third-order valence-corrected chi connectivity index (χ3v) is 3.41. The molecule has 0 bridgehead atoms. The Labute approximate surface area is 108 Å². The number of pyridine rings is 1. The first-order valence-electron chi connectivity index (χ1n) is 6.15. The van der Waals surface area contributed by atoms with Gasteiger partial charge in [-0.05, 0) is 32.4 Å². The second-order valence-corrected chi connectivity index (χ2v) is 5.00. The molecule has 3 nitrogen and oxygen atoms in total. The standard InChI is InChI=1S/C13H19ClN2O/c1-16(10-12-6-2-3-8-17-12)9-11-5-4-7-15-13(11)14/h4-5,7,12H,2-3,6,8-10H2,1H3. The van der Waals surface area contributed by atoms with E-state index >= 15 is 0 Å². The van der Waals surface area contributed by atoms with Crippen LogP contribution in [0.4, 0.5) is 0 Å². The lowest BCUT2D eigenvalue weighted by atomic mass is 10.1. The summed E-state index contributed by atoms with van der Waals surface area (Å²) in [5, 5.41) is 0.601. The third kappa shape index (κ3) is 3.95. The van der Waals surface area contributed by atoms with E-state index in [1.165, 1.54) is 19.3 Å². The number of halogens is 1. The quantitative estimate of drug-likeness (QED) is 0.773. The molecule has 4 heteroatoms. The van der Waals surface area contributed by atoms with E-state index in [0.29, 0.717) is 11.3 Å². The summed E-state index contributed by atoms with van der Waals surface area (Å²) in [6, 6.07) is 3.94. The van der Waals surface area contributed by atoms with Gasteiger partial charge in [0.05, 0.1) is 6.10 Å². The van der Waals surface area contributed by atoms with E-state index in [-0.39, 0.29) is 0 Å².